The zero-order valence-electron chi connectivity index (χ0n) is 16.1. The molecule has 0 unspecified atom stereocenters. The van der Waals surface area contributed by atoms with Crippen molar-refractivity contribution >= 4 is 29.1 Å². The molecule has 27 heavy (non-hydrogen) atoms. The van der Waals surface area contributed by atoms with Crippen LogP contribution in [0.1, 0.15) is 20.3 Å². The maximum Gasteiger partial charge on any atom is 0.225 e. The highest BCUT2D eigenvalue weighted by Gasteiger charge is 2.47. The minimum Gasteiger partial charge on any atom is -0.309 e. The van der Waals surface area contributed by atoms with Crippen LogP contribution in [0.3, 0.4) is 0 Å². The van der Waals surface area contributed by atoms with Crippen LogP contribution >= 0.6 is 7.26 Å². The van der Waals surface area contributed by atoms with E-state index in [1.54, 1.807) is 0 Å². The summed E-state index contributed by atoms with van der Waals surface area (Å²) in [6, 6.07) is 32.1. The molecule has 0 aromatic heterocycles. The molecule has 3 aromatic carbocycles. The molecule has 0 radical (unpaired) electrons. The molecule has 2 nitrogen and oxygen atoms in total. The van der Waals surface area contributed by atoms with Gasteiger partial charge in [-0.2, -0.15) is 0 Å². The summed E-state index contributed by atoms with van der Waals surface area (Å²) in [6.45, 7) is 4.74. The molecule has 0 aliphatic rings. The molecule has 0 bridgehead atoms. The molecule has 0 saturated carbocycles. The molecule has 0 saturated heterocycles. The standard InChI is InChI=1S/C24H27NOP/c1-3-24(26)25(4-2)20-27(21-14-8-5-9-15-21,22-16-10-6-11-17-22)23-18-12-7-13-19-23/h5-19H,3-4,20H2,1-2H3/q+1. The van der Waals surface area contributed by atoms with Gasteiger partial charge in [-0.25, -0.2) is 0 Å². The maximum atomic E-state index is 12.7. The number of hydrogen-bond donors (Lipinski definition) is 0. The van der Waals surface area contributed by atoms with Gasteiger partial charge < -0.3 is 4.90 Å². The number of amides is 1. The van der Waals surface area contributed by atoms with Gasteiger partial charge in [0.05, 0.1) is 0 Å². The van der Waals surface area contributed by atoms with Crippen LogP contribution in [0.25, 0.3) is 0 Å². The molecule has 0 atom stereocenters. The van der Waals surface area contributed by atoms with Crippen molar-refractivity contribution in [2.45, 2.75) is 20.3 Å². The summed E-state index contributed by atoms with van der Waals surface area (Å²) in [4.78, 5) is 14.7. The lowest BCUT2D eigenvalue weighted by atomic mass is 10.4. The van der Waals surface area contributed by atoms with Gasteiger partial charge in [-0.1, -0.05) is 61.5 Å². The van der Waals surface area contributed by atoms with E-state index in [9.17, 15) is 4.79 Å². The zero-order chi connectivity index (χ0) is 19.1. The van der Waals surface area contributed by atoms with E-state index in [1.165, 1.54) is 15.9 Å². The van der Waals surface area contributed by atoms with Crippen molar-refractivity contribution in [3.05, 3.63) is 91.0 Å². The van der Waals surface area contributed by atoms with Crippen molar-refractivity contribution in [2.75, 3.05) is 12.8 Å². The van der Waals surface area contributed by atoms with Crippen LogP contribution in [0.5, 0.6) is 0 Å². The highest BCUT2D eigenvalue weighted by Crippen LogP contribution is 2.55. The van der Waals surface area contributed by atoms with Crippen LogP contribution in [-0.4, -0.2) is 23.6 Å². The Kier molecular flexibility index (Phi) is 6.42. The highest BCUT2D eigenvalue weighted by atomic mass is 31.2. The van der Waals surface area contributed by atoms with Gasteiger partial charge in [-0.3, -0.25) is 4.79 Å². The van der Waals surface area contributed by atoms with Crippen molar-refractivity contribution in [3.63, 3.8) is 0 Å². The minimum atomic E-state index is -1.99. The Hall–Kier alpha value is -2.44. The second kappa shape index (κ2) is 8.97. The third-order valence-electron chi connectivity index (χ3n) is 5.01. The molecule has 0 spiro atoms. The van der Waals surface area contributed by atoms with Gasteiger partial charge in [0.15, 0.2) is 0 Å². The van der Waals surface area contributed by atoms with E-state index in [1.807, 2.05) is 11.8 Å². The minimum absolute atomic E-state index is 0.213. The lowest BCUT2D eigenvalue weighted by molar-refractivity contribution is -0.129. The third kappa shape index (κ3) is 3.96. The Labute approximate surface area is 163 Å². The van der Waals surface area contributed by atoms with Crippen molar-refractivity contribution in [1.29, 1.82) is 0 Å². The van der Waals surface area contributed by atoms with Gasteiger partial charge in [0.25, 0.3) is 0 Å². The van der Waals surface area contributed by atoms with E-state index in [2.05, 4.69) is 97.9 Å². The second-order valence-corrected chi connectivity index (χ2v) is 10.0. The van der Waals surface area contributed by atoms with Crippen LogP contribution in [0.4, 0.5) is 0 Å². The van der Waals surface area contributed by atoms with Gasteiger partial charge in [0, 0.05) is 13.0 Å². The van der Waals surface area contributed by atoms with E-state index in [4.69, 9.17) is 0 Å². The molecular formula is C24H27NOP+. The largest absolute Gasteiger partial charge is 0.309 e. The fraction of sp³-hybridized carbons (Fsp3) is 0.208. The van der Waals surface area contributed by atoms with Gasteiger partial charge in [-0.05, 0) is 43.3 Å². The molecule has 0 fully saturated rings. The lowest BCUT2D eigenvalue weighted by Gasteiger charge is -2.32. The molecule has 0 heterocycles. The highest BCUT2D eigenvalue weighted by molar-refractivity contribution is 7.95. The summed E-state index contributed by atoms with van der Waals surface area (Å²) in [6.07, 6.45) is 1.26. The number of hydrogen-bond acceptors (Lipinski definition) is 1. The van der Waals surface area contributed by atoms with Gasteiger partial charge in [-0.15, -0.1) is 0 Å². The fourth-order valence-electron chi connectivity index (χ4n) is 3.57. The summed E-state index contributed by atoms with van der Waals surface area (Å²) in [5.41, 5.74) is 0. The summed E-state index contributed by atoms with van der Waals surface area (Å²) >= 11 is 0. The summed E-state index contributed by atoms with van der Waals surface area (Å²) in [5.74, 6) is 0.213. The fourth-order valence-corrected chi connectivity index (χ4v) is 7.87. The first kappa shape index (κ1) is 19.3. The number of rotatable bonds is 7. The Morgan fingerprint density at radius 3 is 1.37 bits per heavy atom. The quantitative estimate of drug-likeness (QED) is 0.566. The summed E-state index contributed by atoms with van der Waals surface area (Å²) in [7, 11) is -1.99. The molecular weight excluding hydrogens is 349 g/mol. The van der Waals surface area contributed by atoms with E-state index >= 15 is 0 Å². The molecule has 138 valence electrons. The first-order chi connectivity index (χ1) is 13.2. The van der Waals surface area contributed by atoms with Crippen LogP contribution in [0.15, 0.2) is 91.0 Å². The molecule has 0 N–H and O–H groups in total. The normalized spacial score (nSPS) is 11.2. The molecule has 0 aliphatic heterocycles. The monoisotopic (exact) mass is 376 g/mol. The Bertz CT molecular complexity index is 753. The maximum absolute atomic E-state index is 12.7. The topological polar surface area (TPSA) is 20.3 Å². The first-order valence-electron chi connectivity index (χ1n) is 9.55. The van der Waals surface area contributed by atoms with Crippen LogP contribution < -0.4 is 15.9 Å². The second-order valence-electron chi connectivity index (χ2n) is 6.56. The molecule has 3 rings (SSSR count). The van der Waals surface area contributed by atoms with Crippen molar-refractivity contribution in [2.24, 2.45) is 0 Å². The Morgan fingerprint density at radius 2 is 1.07 bits per heavy atom. The van der Waals surface area contributed by atoms with Crippen molar-refractivity contribution in [3.8, 4) is 0 Å². The van der Waals surface area contributed by atoms with E-state index in [0.717, 1.165) is 12.8 Å². The Balaban J connectivity index is 2.27. The van der Waals surface area contributed by atoms with Gasteiger partial charge >= 0.3 is 0 Å². The molecule has 3 aromatic rings. The van der Waals surface area contributed by atoms with Crippen molar-refractivity contribution < 1.29 is 4.79 Å². The number of carbonyl (C=O) groups excluding carboxylic acids is 1. The van der Waals surface area contributed by atoms with Gasteiger partial charge in [0.1, 0.15) is 29.5 Å². The SMILES string of the molecule is CCC(=O)N(CC)C[P+](c1ccccc1)(c1ccccc1)c1ccccc1. The number of benzene rings is 3. The smallest absolute Gasteiger partial charge is 0.225 e. The average molecular weight is 376 g/mol. The summed E-state index contributed by atoms with van der Waals surface area (Å²) in [5, 5.41) is 3.93. The van der Waals surface area contributed by atoms with Crippen molar-refractivity contribution in [1.82, 2.24) is 4.90 Å². The van der Waals surface area contributed by atoms with E-state index < -0.39 is 7.26 Å². The predicted octanol–water partition coefficient (Wildman–Crippen LogP) is 4.20. The zero-order valence-corrected chi connectivity index (χ0v) is 17.0. The third-order valence-corrected chi connectivity index (χ3v) is 9.32. The summed E-state index contributed by atoms with van der Waals surface area (Å²) < 4.78 is 0. The lowest BCUT2D eigenvalue weighted by Crippen LogP contribution is -2.42. The number of nitrogens with zero attached hydrogens (tertiary/aromatic N) is 1. The molecule has 3 heteroatoms. The predicted molar refractivity (Wildman–Crippen MR) is 118 cm³/mol. The van der Waals surface area contributed by atoms with Crippen LogP contribution in [-0.2, 0) is 4.79 Å². The van der Waals surface area contributed by atoms with Crippen LogP contribution in [0.2, 0.25) is 0 Å². The number of carbonyl (C=O) groups is 1. The Morgan fingerprint density at radius 1 is 0.704 bits per heavy atom. The van der Waals surface area contributed by atoms with E-state index in [0.29, 0.717) is 6.42 Å². The van der Waals surface area contributed by atoms with E-state index in [-0.39, 0.29) is 5.91 Å². The van der Waals surface area contributed by atoms with Crippen LogP contribution in [0, 0.1) is 0 Å². The van der Waals surface area contributed by atoms with Gasteiger partial charge in [0.2, 0.25) is 5.91 Å². The molecule has 0 aliphatic carbocycles. The first-order valence-corrected chi connectivity index (χ1v) is 11.5. The molecule has 1 amide bonds. The average Bonchev–Trinajstić information content (AvgIpc) is 2.76.